The molecule has 2 rings (SSSR count). The van der Waals surface area contributed by atoms with Crippen LogP contribution in [0.25, 0.3) is 0 Å². The van der Waals surface area contributed by atoms with Crippen LogP contribution in [0.4, 0.5) is 4.39 Å². The lowest BCUT2D eigenvalue weighted by atomic mass is 10.2. The van der Waals surface area contributed by atoms with Gasteiger partial charge in [-0.15, -0.1) is 0 Å². The van der Waals surface area contributed by atoms with Gasteiger partial charge in [0.25, 0.3) is 15.0 Å². The van der Waals surface area contributed by atoms with Crippen molar-refractivity contribution in [3.63, 3.8) is 0 Å². The van der Waals surface area contributed by atoms with Gasteiger partial charge in [0.1, 0.15) is 5.82 Å². The van der Waals surface area contributed by atoms with Crippen molar-refractivity contribution in [1.29, 1.82) is 0 Å². The van der Waals surface area contributed by atoms with Crippen molar-refractivity contribution in [3.05, 3.63) is 28.5 Å². The average Bonchev–Trinajstić information content (AvgIpc) is 3.16. The van der Waals surface area contributed by atoms with Crippen molar-refractivity contribution >= 4 is 37.2 Å². The average molecular weight is 340 g/mol. The predicted octanol–water partition coefficient (Wildman–Crippen LogP) is 3.03. The molecule has 1 aromatic carbocycles. The van der Waals surface area contributed by atoms with Crippen LogP contribution in [-0.4, -0.2) is 31.8 Å². The summed E-state index contributed by atoms with van der Waals surface area (Å²) in [4.78, 5) is 13.4. The van der Waals surface area contributed by atoms with Crippen molar-refractivity contribution in [2.45, 2.75) is 30.7 Å². The second kappa shape index (κ2) is 5.50. The number of carbonyl (C=O) groups excluding carboxylic acids is 1. The second-order valence-corrected chi connectivity index (χ2v) is 7.47. The summed E-state index contributed by atoms with van der Waals surface area (Å²) in [6.07, 6.45) is 1.76. The standard InChI is InChI=1S/C12H12Cl2FNO3S/c1-2-16(7-3-4-7)12(17)9-5-8(20(14,18)19)6-10(15)11(9)13/h5-7H,2-4H2,1H3. The lowest BCUT2D eigenvalue weighted by molar-refractivity contribution is 0.0752. The molecule has 1 aromatic rings. The monoisotopic (exact) mass is 339 g/mol. The minimum atomic E-state index is -4.13. The quantitative estimate of drug-likeness (QED) is 0.792. The Bertz CT molecular complexity index is 659. The van der Waals surface area contributed by atoms with E-state index in [2.05, 4.69) is 0 Å². The van der Waals surface area contributed by atoms with E-state index >= 15 is 0 Å². The third-order valence-corrected chi connectivity index (χ3v) is 4.82. The molecule has 20 heavy (non-hydrogen) atoms. The van der Waals surface area contributed by atoms with E-state index in [0.717, 1.165) is 18.9 Å². The molecule has 110 valence electrons. The zero-order chi connectivity index (χ0) is 15.1. The molecule has 0 radical (unpaired) electrons. The highest BCUT2D eigenvalue weighted by Crippen LogP contribution is 2.32. The molecule has 0 N–H and O–H groups in total. The maximum Gasteiger partial charge on any atom is 0.261 e. The number of hydrogen-bond acceptors (Lipinski definition) is 3. The Balaban J connectivity index is 2.49. The first-order valence-corrected chi connectivity index (χ1v) is 8.69. The van der Waals surface area contributed by atoms with E-state index in [1.807, 2.05) is 0 Å². The van der Waals surface area contributed by atoms with Gasteiger partial charge in [-0.3, -0.25) is 4.79 Å². The number of rotatable bonds is 4. The van der Waals surface area contributed by atoms with E-state index in [4.69, 9.17) is 22.3 Å². The number of carbonyl (C=O) groups is 1. The zero-order valence-electron chi connectivity index (χ0n) is 10.6. The molecule has 0 heterocycles. The molecule has 4 nitrogen and oxygen atoms in total. The van der Waals surface area contributed by atoms with Gasteiger partial charge in [-0.25, -0.2) is 12.8 Å². The van der Waals surface area contributed by atoms with Gasteiger partial charge < -0.3 is 4.90 Å². The number of halogens is 3. The maximum atomic E-state index is 13.7. The van der Waals surface area contributed by atoms with Gasteiger partial charge in [0.2, 0.25) is 0 Å². The molecule has 0 unspecified atom stereocenters. The van der Waals surface area contributed by atoms with Crippen LogP contribution < -0.4 is 0 Å². The number of amides is 1. The first-order chi connectivity index (χ1) is 9.25. The normalized spacial score (nSPS) is 15.2. The molecule has 0 aromatic heterocycles. The van der Waals surface area contributed by atoms with Crippen molar-refractivity contribution in [2.24, 2.45) is 0 Å². The third kappa shape index (κ3) is 3.07. The lowest BCUT2D eigenvalue weighted by Crippen LogP contribution is -2.33. The molecule has 0 aliphatic heterocycles. The lowest BCUT2D eigenvalue weighted by Gasteiger charge is -2.21. The molecule has 0 atom stereocenters. The minimum absolute atomic E-state index is 0.114. The van der Waals surface area contributed by atoms with E-state index in [1.165, 1.54) is 0 Å². The van der Waals surface area contributed by atoms with Crippen LogP contribution in [0.5, 0.6) is 0 Å². The Labute approximate surface area is 125 Å². The predicted molar refractivity (Wildman–Crippen MR) is 74.2 cm³/mol. The third-order valence-electron chi connectivity index (χ3n) is 3.10. The number of nitrogens with zero attached hydrogens (tertiary/aromatic N) is 1. The summed E-state index contributed by atoms with van der Waals surface area (Å²) < 4.78 is 36.3. The molecule has 1 fully saturated rings. The molecule has 0 bridgehead atoms. The highest BCUT2D eigenvalue weighted by atomic mass is 35.7. The van der Waals surface area contributed by atoms with Gasteiger partial charge in [0.05, 0.1) is 15.5 Å². The summed E-state index contributed by atoms with van der Waals surface area (Å²) >= 11 is 5.78. The zero-order valence-corrected chi connectivity index (χ0v) is 12.9. The van der Waals surface area contributed by atoms with E-state index in [9.17, 15) is 17.6 Å². The Hall–Kier alpha value is -0.850. The Morgan fingerprint density at radius 3 is 2.50 bits per heavy atom. The van der Waals surface area contributed by atoms with Gasteiger partial charge >= 0.3 is 0 Å². The molecule has 0 spiro atoms. The van der Waals surface area contributed by atoms with Crippen LogP contribution in [0.2, 0.25) is 5.02 Å². The number of hydrogen-bond donors (Lipinski definition) is 0. The largest absolute Gasteiger partial charge is 0.336 e. The summed E-state index contributed by atoms with van der Waals surface area (Å²) in [7, 11) is 1.05. The van der Waals surface area contributed by atoms with Crippen LogP contribution in [0.3, 0.4) is 0 Å². The van der Waals surface area contributed by atoms with Gasteiger partial charge in [-0.2, -0.15) is 0 Å². The van der Waals surface area contributed by atoms with Crippen LogP contribution in [-0.2, 0) is 9.05 Å². The smallest absolute Gasteiger partial charge is 0.261 e. The molecule has 1 aliphatic rings. The first-order valence-electron chi connectivity index (χ1n) is 6.00. The highest BCUT2D eigenvalue weighted by Gasteiger charge is 2.33. The SMILES string of the molecule is CCN(C(=O)c1cc(S(=O)(=O)Cl)cc(F)c1Cl)C1CC1. The van der Waals surface area contributed by atoms with E-state index < -0.39 is 30.7 Å². The second-order valence-electron chi connectivity index (χ2n) is 4.53. The first kappa shape index (κ1) is 15.5. The Kier molecular flexibility index (Phi) is 4.27. The summed E-state index contributed by atoms with van der Waals surface area (Å²) in [5.74, 6) is -1.47. The highest BCUT2D eigenvalue weighted by molar-refractivity contribution is 8.13. The fourth-order valence-corrected chi connectivity index (χ4v) is 2.93. The van der Waals surface area contributed by atoms with Gasteiger partial charge in [0, 0.05) is 23.3 Å². The minimum Gasteiger partial charge on any atom is -0.336 e. The van der Waals surface area contributed by atoms with E-state index in [1.54, 1.807) is 11.8 Å². The Morgan fingerprint density at radius 1 is 1.45 bits per heavy atom. The number of benzene rings is 1. The van der Waals surface area contributed by atoms with Gasteiger partial charge in [-0.05, 0) is 31.9 Å². The fourth-order valence-electron chi connectivity index (χ4n) is 1.97. The molecule has 1 amide bonds. The van der Waals surface area contributed by atoms with Crippen LogP contribution in [0.15, 0.2) is 17.0 Å². The molecular formula is C12H12Cl2FNO3S. The maximum absolute atomic E-state index is 13.7. The van der Waals surface area contributed by atoms with Crippen LogP contribution in [0.1, 0.15) is 30.1 Å². The van der Waals surface area contributed by atoms with Crippen molar-refractivity contribution in [1.82, 2.24) is 4.90 Å². The summed E-state index contributed by atoms with van der Waals surface area (Å²) in [5.41, 5.74) is -0.181. The Morgan fingerprint density at radius 2 is 2.05 bits per heavy atom. The van der Waals surface area contributed by atoms with Crippen LogP contribution >= 0.6 is 22.3 Å². The molecule has 1 aliphatic carbocycles. The topological polar surface area (TPSA) is 54.5 Å². The summed E-state index contributed by atoms with van der Waals surface area (Å²) in [6.45, 7) is 2.24. The van der Waals surface area contributed by atoms with Gasteiger partial charge in [0.15, 0.2) is 0 Å². The fraction of sp³-hybridized carbons (Fsp3) is 0.417. The molecule has 0 saturated heterocycles. The van der Waals surface area contributed by atoms with Crippen LogP contribution in [0, 0.1) is 5.82 Å². The molecule has 1 saturated carbocycles. The van der Waals surface area contributed by atoms with Crippen molar-refractivity contribution < 1.29 is 17.6 Å². The van der Waals surface area contributed by atoms with E-state index in [0.29, 0.717) is 12.6 Å². The van der Waals surface area contributed by atoms with Crippen molar-refractivity contribution in [3.8, 4) is 0 Å². The summed E-state index contributed by atoms with van der Waals surface area (Å²) in [6, 6.07) is 1.83. The molecule has 8 heteroatoms. The van der Waals surface area contributed by atoms with Gasteiger partial charge in [-0.1, -0.05) is 11.6 Å². The summed E-state index contributed by atoms with van der Waals surface area (Å²) in [5, 5.41) is -0.391. The van der Waals surface area contributed by atoms with E-state index in [-0.39, 0.29) is 11.6 Å². The van der Waals surface area contributed by atoms with Crippen molar-refractivity contribution in [2.75, 3.05) is 6.54 Å². The molecular weight excluding hydrogens is 328 g/mol.